The van der Waals surface area contributed by atoms with Gasteiger partial charge in [0.1, 0.15) is 5.75 Å². The zero-order chi connectivity index (χ0) is 20.8. The number of nitrogens with one attached hydrogen (secondary N) is 3. The minimum atomic E-state index is -0.282. The number of carbonyl (C=O) groups is 2. The molecule has 1 aliphatic rings. The topological polar surface area (TPSA) is 86.1 Å². The SMILES string of the molecule is Cc1c(Cl)cccc1NC(=O)CNC(=O)C[NH+]1CCN(c2ccc(O)cc2)CC1. The van der Waals surface area contributed by atoms with E-state index in [1.165, 1.54) is 4.90 Å². The number of piperazine rings is 1. The molecule has 0 radical (unpaired) electrons. The van der Waals surface area contributed by atoms with Gasteiger partial charge in [-0.05, 0) is 48.9 Å². The van der Waals surface area contributed by atoms with Gasteiger partial charge in [-0.1, -0.05) is 17.7 Å². The van der Waals surface area contributed by atoms with Gasteiger partial charge in [-0.15, -0.1) is 0 Å². The third-order valence-electron chi connectivity index (χ3n) is 5.08. The van der Waals surface area contributed by atoms with E-state index in [4.69, 9.17) is 11.6 Å². The van der Waals surface area contributed by atoms with Crippen LogP contribution in [0.15, 0.2) is 42.5 Å². The molecule has 154 valence electrons. The van der Waals surface area contributed by atoms with Crippen molar-refractivity contribution in [2.45, 2.75) is 6.92 Å². The van der Waals surface area contributed by atoms with E-state index in [1.807, 2.05) is 19.1 Å². The number of quaternary nitrogens is 1. The minimum absolute atomic E-state index is 0.0717. The molecule has 0 unspecified atom stereocenters. The summed E-state index contributed by atoms with van der Waals surface area (Å²) in [6.45, 7) is 5.44. The van der Waals surface area contributed by atoms with E-state index in [-0.39, 0.29) is 24.1 Å². The first-order valence-electron chi connectivity index (χ1n) is 9.61. The molecule has 1 heterocycles. The van der Waals surface area contributed by atoms with Crippen molar-refractivity contribution in [1.82, 2.24) is 5.32 Å². The summed E-state index contributed by atoms with van der Waals surface area (Å²) in [5, 5.41) is 15.4. The Hall–Kier alpha value is -2.77. The normalized spacial score (nSPS) is 14.5. The number of amides is 2. The van der Waals surface area contributed by atoms with Gasteiger partial charge in [0.15, 0.2) is 6.54 Å². The molecule has 3 rings (SSSR count). The molecule has 0 spiro atoms. The van der Waals surface area contributed by atoms with Crippen molar-refractivity contribution in [3.8, 4) is 5.75 Å². The molecule has 0 aliphatic carbocycles. The van der Waals surface area contributed by atoms with E-state index in [9.17, 15) is 14.7 Å². The quantitative estimate of drug-likeness (QED) is 0.560. The summed E-state index contributed by atoms with van der Waals surface area (Å²) in [5.74, 6) is -0.170. The molecule has 0 bridgehead atoms. The van der Waals surface area contributed by atoms with Crippen molar-refractivity contribution in [2.24, 2.45) is 0 Å². The summed E-state index contributed by atoms with van der Waals surface area (Å²) in [4.78, 5) is 27.7. The minimum Gasteiger partial charge on any atom is -0.508 e. The Kier molecular flexibility index (Phi) is 6.95. The first kappa shape index (κ1) is 21.0. The van der Waals surface area contributed by atoms with Crippen LogP contribution in [0.2, 0.25) is 5.02 Å². The highest BCUT2D eigenvalue weighted by Gasteiger charge is 2.22. The zero-order valence-corrected chi connectivity index (χ0v) is 17.1. The number of aromatic hydroxyl groups is 1. The number of rotatable bonds is 6. The lowest BCUT2D eigenvalue weighted by molar-refractivity contribution is -0.892. The van der Waals surface area contributed by atoms with Gasteiger partial charge in [-0.2, -0.15) is 0 Å². The Morgan fingerprint density at radius 2 is 1.79 bits per heavy atom. The molecule has 0 aromatic heterocycles. The van der Waals surface area contributed by atoms with Gasteiger partial charge in [0.05, 0.1) is 32.7 Å². The fourth-order valence-corrected chi connectivity index (χ4v) is 3.50. The largest absolute Gasteiger partial charge is 0.508 e. The predicted molar refractivity (Wildman–Crippen MR) is 114 cm³/mol. The van der Waals surface area contributed by atoms with E-state index >= 15 is 0 Å². The van der Waals surface area contributed by atoms with Crippen LogP contribution < -0.4 is 20.4 Å². The molecule has 2 amide bonds. The number of phenols is 1. The molecule has 8 heteroatoms. The Morgan fingerprint density at radius 1 is 1.10 bits per heavy atom. The molecule has 0 saturated carbocycles. The molecule has 4 N–H and O–H groups in total. The third-order valence-corrected chi connectivity index (χ3v) is 5.49. The molecule has 2 aromatic carbocycles. The van der Waals surface area contributed by atoms with Crippen LogP contribution in [-0.2, 0) is 9.59 Å². The van der Waals surface area contributed by atoms with Crippen molar-refractivity contribution in [3.05, 3.63) is 53.1 Å². The molecule has 1 fully saturated rings. The summed E-state index contributed by atoms with van der Waals surface area (Å²) in [5.41, 5.74) is 2.51. The highest BCUT2D eigenvalue weighted by Crippen LogP contribution is 2.22. The van der Waals surface area contributed by atoms with E-state index in [1.54, 1.807) is 30.3 Å². The van der Waals surface area contributed by atoms with Crippen LogP contribution in [0.3, 0.4) is 0 Å². The van der Waals surface area contributed by atoms with Crippen molar-refractivity contribution in [3.63, 3.8) is 0 Å². The van der Waals surface area contributed by atoms with E-state index < -0.39 is 0 Å². The summed E-state index contributed by atoms with van der Waals surface area (Å²) in [6.07, 6.45) is 0. The summed E-state index contributed by atoms with van der Waals surface area (Å²) in [7, 11) is 0. The molecule has 1 aliphatic heterocycles. The van der Waals surface area contributed by atoms with Gasteiger partial charge in [0.2, 0.25) is 5.91 Å². The van der Waals surface area contributed by atoms with Crippen LogP contribution in [-0.4, -0.2) is 56.2 Å². The summed E-state index contributed by atoms with van der Waals surface area (Å²) in [6, 6.07) is 12.5. The molecule has 2 aromatic rings. The second-order valence-electron chi connectivity index (χ2n) is 7.17. The van der Waals surface area contributed by atoms with Crippen LogP contribution >= 0.6 is 11.6 Å². The average molecular weight is 418 g/mol. The van der Waals surface area contributed by atoms with E-state index in [0.29, 0.717) is 17.3 Å². The van der Waals surface area contributed by atoms with Gasteiger partial charge in [-0.3, -0.25) is 9.59 Å². The second kappa shape index (κ2) is 9.62. The van der Waals surface area contributed by atoms with Crippen LogP contribution in [0.25, 0.3) is 0 Å². The van der Waals surface area contributed by atoms with Gasteiger partial charge in [0.25, 0.3) is 5.91 Å². The summed E-state index contributed by atoms with van der Waals surface area (Å²) < 4.78 is 0. The monoisotopic (exact) mass is 417 g/mol. The zero-order valence-electron chi connectivity index (χ0n) is 16.4. The van der Waals surface area contributed by atoms with Crippen LogP contribution in [0.5, 0.6) is 5.75 Å². The summed E-state index contributed by atoms with van der Waals surface area (Å²) >= 11 is 6.05. The Morgan fingerprint density at radius 3 is 2.48 bits per heavy atom. The number of halogens is 1. The first-order chi connectivity index (χ1) is 13.9. The average Bonchev–Trinajstić information content (AvgIpc) is 2.71. The standard InChI is InChI=1S/C21H25ClN4O3/c1-15-18(22)3-2-4-19(15)24-20(28)13-23-21(29)14-25-9-11-26(12-10-25)16-5-7-17(27)8-6-16/h2-8,27H,9-14H2,1H3,(H,23,29)(H,24,28)/p+1. The number of hydrogen-bond donors (Lipinski definition) is 4. The lowest BCUT2D eigenvalue weighted by atomic mass is 10.2. The van der Waals surface area contributed by atoms with Gasteiger partial charge in [-0.25, -0.2) is 0 Å². The maximum atomic E-state index is 12.2. The maximum Gasteiger partial charge on any atom is 0.275 e. The highest BCUT2D eigenvalue weighted by atomic mass is 35.5. The number of nitrogens with zero attached hydrogens (tertiary/aromatic N) is 1. The number of benzene rings is 2. The Balaban J connectivity index is 1.39. The van der Waals surface area contributed by atoms with Crippen molar-refractivity contribution < 1.29 is 19.6 Å². The third kappa shape index (κ3) is 5.85. The molecular formula is C21H26ClN4O3+. The highest BCUT2D eigenvalue weighted by molar-refractivity contribution is 6.31. The van der Waals surface area contributed by atoms with Crippen molar-refractivity contribution in [2.75, 3.05) is 49.5 Å². The van der Waals surface area contributed by atoms with Crippen molar-refractivity contribution in [1.29, 1.82) is 0 Å². The molecule has 0 atom stereocenters. The molecule has 7 nitrogen and oxygen atoms in total. The lowest BCUT2D eigenvalue weighted by Gasteiger charge is -2.33. The fraction of sp³-hybridized carbons (Fsp3) is 0.333. The van der Waals surface area contributed by atoms with Gasteiger partial charge < -0.3 is 25.5 Å². The molecule has 1 saturated heterocycles. The smallest absolute Gasteiger partial charge is 0.275 e. The second-order valence-corrected chi connectivity index (χ2v) is 7.57. The van der Waals surface area contributed by atoms with Crippen molar-refractivity contribution >= 4 is 34.8 Å². The van der Waals surface area contributed by atoms with E-state index in [0.717, 1.165) is 37.4 Å². The number of carbonyl (C=O) groups excluding carboxylic acids is 2. The van der Waals surface area contributed by atoms with Gasteiger partial charge in [0, 0.05) is 16.4 Å². The van der Waals surface area contributed by atoms with Crippen LogP contribution in [0.1, 0.15) is 5.56 Å². The first-order valence-corrected chi connectivity index (χ1v) is 9.99. The van der Waals surface area contributed by atoms with Crippen LogP contribution in [0.4, 0.5) is 11.4 Å². The fourth-order valence-electron chi connectivity index (χ4n) is 3.33. The predicted octanol–water partition coefficient (Wildman–Crippen LogP) is 0.814. The molecular weight excluding hydrogens is 392 g/mol. The lowest BCUT2D eigenvalue weighted by Crippen LogP contribution is -3.16. The Bertz CT molecular complexity index is 865. The number of phenolic OH excluding ortho intramolecular Hbond substituents is 1. The Labute approximate surface area is 175 Å². The molecule has 29 heavy (non-hydrogen) atoms. The number of anilines is 2. The number of hydrogen-bond acceptors (Lipinski definition) is 4. The van der Waals surface area contributed by atoms with Gasteiger partial charge >= 0.3 is 0 Å². The maximum absolute atomic E-state index is 12.2. The van der Waals surface area contributed by atoms with E-state index in [2.05, 4.69) is 15.5 Å². The van der Waals surface area contributed by atoms with Crippen LogP contribution in [0, 0.1) is 6.92 Å².